The minimum absolute atomic E-state index is 0.259. The molecule has 1 saturated heterocycles. The first-order valence-electron chi connectivity index (χ1n) is 13.7. The van der Waals surface area contributed by atoms with Gasteiger partial charge < -0.3 is 15.0 Å². The molecule has 6 rings (SSSR count). The van der Waals surface area contributed by atoms with Crippen LogP contribution in [0.25, 0.3) is 16.6 Å². The Labute approximate surface area is 239 Å². The van der Waals surface area contributed by atoms with E-state index in [2.05, 4.69) is 26.4 Å². The van der Waals surface area contributed by atoms with Crippen LogP contribution in [0.2, 0.25) is 0 Å². The Morgan fingerprint density at radius 2 is 1.95 bits per heavy atom. The number of alkyl halides is 3. The number of fused-ring (bicyclic) bond motifs is 2. The zero-order valence-electron chi connectivity index (χ0n) is 23.0. The maximum absolute atomic E-state index is 13.4. The molecular weight excluding hydrogens is 547 g/mol. The molecule has 216 valence electrons. The maximum Gasteiger partial charge on any atom is 0.418 e. The topological polar surface area (TPSA) is 108 Å². The molecule has 4 aromatic heterocycles. The lowest BCUT2D eigenvalue weighted by Crippen LogP contribution is -2.46. The molecule has 4 aromatic rings. The van der Waals surface area contributed by atoms with Gasteiger partial charge in [0.15, 0.2) is 0 Å². The summed E-state index contributed by atoms with van der Waals surface area (Å²) in [5, 5.41) is 16.7. The lowest BCUT2D eigenvalue weighted by atomic mass is 9.97. The van der Waals surface area contributed by atoms with Crippen LogP contribution < -0.4 is 15.0 Å². The second-order valence-corrected chi connectivity index (χ2v) is 11.1. The van der Waals surface area contributed by atoms with Crippen LogP contribution >= 0.6 is 0 Å². The van der Waals surface area contributed by atoms with E-state index in [1.54, 1.807) is 16.9 Å². The molecule has 0 radical (unpaired) electrons. The summed E-state index contributed by atoms with van der Waals surface area (Å²) in [4.78, 5) is 23.5. The van der Waals surface area contributed by atoms with Crippen LogP contribution in [0.5, 0.6) is 5.75 Å². The van der Waals surface area contributed by atoms with Gasteiger partial charge in [0.2, 0.25) is 0 Å². The first-order chi connectivity index (χ1) is 20.1. The van der Waals surface area contributed by atoms with Crippen molar-refractivity contribution in [1.82, 2.24) is 24.9 Å². The molecule has 0 bridgehead atoms. The van der Waals surface area contributed by atoms with Gasteiger partial charge >= 0.3 is 6.18 Å². The fraction of sp³-hybridized carbons (Fsp3) is 0.367. The van der Waals surface area contributed by atoms with E-state index in [1.165, 1.54) is 18.5 Å². The second kappa shape index (κ2) is 10.3. The highest BCUT2D eigenvalue weighted by Crippen LogP contribution is 2.45. The summed E-state index contributed by atoms with van der Waals surface area (Å²) >= 11 is 0. The van der Waals surface area contributed by atoms with Gasteiger partial charge in [0.1, 0.15) is 23.3 Å². The van der Waals surface area contributed by atoms with Crippen molar-refractivity contribution in [3.8, 4) is 22.9 Å². The Hall–Kier alpha value is -4.66. The maximum atomic E-state index is 13.4. The predicted octanol–water partition coefficient (Wildman–Crippen LogP) is 5.12. The first-order valence-corrected chi connectivity index (χ1v) is 13.7. The zero-order chi connectivity index (χ0) is 29.6. The molecule has 1 aliphatic heterocycles. The number of aromatic nitrogens is 4. The van der Waals surface area contributed by atoms with Crippen LogP contribution in [-0.4, -0.2) is 50.7 Å². The molecule has 0 aromatic carbocycles. The highest BCUT2D eigenvalue weighted by Gasteiger charge is 2.48. The predicted molar refractivity (Wildman–Crippen MR) is 148 cm³/mol. The normalized spacial score (nSPS) is 21.8. The van der Waals surface area contributed by atoms with Gasteiger partial charge in [-0.15, -0.1) is 0 Å². The number of carbonyl (C=O) groups excluding carboxylic acids is 1. The average molecular weight is 576 g/mol. The number of pyridine rings is 3. The van der Waals surface area contributed by atoms with Gasteiger partial charge in [-0.05, 0) is 68.9 Å². The third-order valence-corrected chi connectivity index (χ3v) is 8.15. The highest BCUT2D eigenvalue weighted by molar-refractivity contribution is 5.94. The van der Waals surface area contributed by atoms with Gasteiger partial charge in [0, 0.05) is 42.1 Å². The number of ether oxygens (including phenoxy) is 1. The molecule has 0 unspecified atom stereocenters. The number of halogens is 3. The lowest BCUT2D eigenvalue weighted by Gasteiger charge is -2.29. The Morgan fingerprint density at radius 1 is 1.19 bits per heavy atom. The van der Waals surface area contributed by atoms with Crippen molar-refractivity contribution in [2.45, 2.75) is 38.4 Å². The van der Waals surface area contributed by atoms with Gasteiger partial charge in [0.05, 0.1) is 35.6 Å². The van der Waals surface area contributed by atoms with Crippen molar-refractivity contribution in [2.75, 3.05) is 24.6 Å². The van der Waals surface area contributed by atoms with Crippen LogP contribution in [0.4, 0.5) is 19.0 Å². The Morgan fingerprint density at radius 3 is 2.60 bits per heavy atom. The van der Waals surface area contributed by atoms with Gasteiger partial charge in [-0.25, -0.2) is 9.50 Å². The monoisotopic (exact) mass is 575 g/mol. The SMILES string of the molecule is CCOc1cc(-c2ccc(N3C[C@@H]4C[C@@](C)(NC(=O)c5ncccc5C(F)(F)F)C[C@@H]4C3)nc2)c2c(C#N)cnn2c1. The van der Waals surface area contributed by atoms with Crippen molar-refractivity contribution in [3.63, 3.8) is 0 Å². The van der Waals surface area contributed by atoms with E-state index in [-0.39, 0.29) is 11.8 Å². The van der Waals surface area contributed by atoms with Gasteiger partial charge in [0.25, 0.3) is 5.91 Å². The third kappa shape index (κ3) is 5.00. The first kappa shape index (κ1) is 27.5. The lowest BCUT2D eigenvalue weighted by molar-refractivity contribution is -0.138. The van der Waals surface area contributed by atoms with Crippen molar-refractivity contribution in [2.24, 2.45) is 11.8 Å². The van der Waals surface area contributed by atoms with Crippen LogP contribution in [0, 0.1) is 23.2 Å². The summed E-state index contributed by atoms with van der Waals surface area (Å²) < 4.78 is 47.6. The van der Waals surface area contributed by atoms with Crippen LogP contribution in [0.15, 0.2) is 55.1 Å². The van der Waals surface area contributed by atoms with Crippen molar-refractivity contribution in [3.05, 3.63) is 71.9 Å². The zero-order valence-corrected chi connectivity index (χ0v) is 23.0. The number of amides is 1. The van der Waals surface area contributed by atoms with Crippen LogP contribution in [0.3, 0.4) is 0 Å². The Bertz CT molecular complexity index is 1680. The number of nitriles is 1. The number of nitrogens with one attached hydrogen (secondary N) is 1. The third-order valence-electron chi connectivity index (χ3n) is 8.15. The summed E-state index contributed by atoms with van der Waals surface area (Å²) in [5.74, 6) is 1.16. The van der Waals surface area contributed by atoms with Gasteiger partial charge in [-0.1, -0.05) is 0 Å². The fourth-order valence-corrected chi connectivity index (χ4v) is 6.46. The smallest absolute Gasteiger partial charge is 0.418 e. The minimum atomic E-state index is -4.66. The van der Waals surface area contributed by atoms with Crippen molar-refractivity contribution >= 4 is 17.2 Å². The molecule has 3 atom stereocenters. The number of carbonyl (C=O) groups is 1. The molecule has 1 N–H and O–H groups in total. The molecule has 12 heteroatoms. The summed E-state index contributed by atoms with van der Waals surface area (Å²) in [7, 11) is 0. The highest BCUT2D eigenvalue weighted by atomic mass is 19.4. The largest absolute Gasteiger partial charge is 0.492 e. The fourth-order valence-electron chi connectivity index (χ4n) is 6.46. The summed E-state index contributed by atoms with van der Waals surface area (Å²) in [6.45, 7) is 5.73. The van der Waals surface area contributed by atoms with E-state index < -0.39 is 28.9 Å². The number of nitrogens with zero attached hydrogens (tertiary/aromatic N) is 6. The standard InChI is InChI=1S/C30H28F3N7O2/c1-3-42-22-9-23(27-21(12-34)14-37-40(27)17-22)18-6-7-25(36-13-18)39-15-19-10-29(2,11-20(19)16-39)38-28(41)26-24(30(31,32)33)5-4-8-35-26/h4-9,13-14,17,19-20H,3,10-11,15-16H2,1-2H3,(H,38,41)/t19-,20+,29+. The van der Waals surface area contributed by atoms with Gasteiger partial charge in [-0.3, -0.25) is 9.78 Å². The molecule has 1 saturated carbocycles. The number of hydrogen-bond acceptors (Lipinski definition) is 7. The van der Waals surface area contributed by atoms with E-state index in [0.717, 1.165) is 36.1 Å². The molecular formula is C30H28F3N7O2. The Kier molecular flexibility index (Phi) is 6.75. The molecule has 1 aliphatic carbocycles. The minimum Gasteiger partial charge on any atom is -0.492 e. The van der Waals surface area contributed by atoms with E-state index in [9.17, 15) is 23.2 Å². The summed E-state index contributed by atoms with van der Waals surface area (Å²) in [5.41, 5.74) is 0.489. The summed E-state index contributed by atoms with van der Waals surface area (Å²) in [6.07, 6.45) is 2.88. The molecule has 2 aliphatic rings. The van der Waals surface area contributed by atoms with Crippen LogP contribution in [-0.2, 0) is 6.18 Å². The van der Waals surface area contributed by atoms with Crippen molar-refractivity contribution in [1.29, 1.82) is 5.26 Å². The number of hydrogen-bond donors (Lipinski definition) is 1. The Balaban J connectivity index is 1.16. The van der Waals surface area contributed by atoms with E-state index in [0.29, 0.717) is 36.3 Å². The second-order valence-electron chi connectivity index (χ2n) is 11.1. The molecule has 0 spiro atoms. The van der Waals surface area contributed by atoms with E-state index in [1.807, 2.05) is 32.0 Å². The molecule has 9 nitrogen and oxygen atoms in total. The quantitative estimate of drug-likeness (QED) is 0.340. The summed E-state index contributed by atoms with van der Waals surface area (Å²) in [6, 6.07) is 10.0. The van der Waals surface area contributed by atoms with Crippen molar-refractivity contribution < 1.29 is 22.7 Å². The average Bonchev–Trinajstić information content (AvgIpc) is 3.63. The van der Waals surface area contributed by atoms with Gasteiger partial charge in [-0.2, -0.15) is 23.5 Å². The van der Waals surface area contributed by atoms with E-state index >= 15 is 0 Å². The molecule has 5 heterocycles. The molecule has 2 fully saturated rings. The van der Waals surface area contributed by atoms with E-state index in [4.69, 9.17) is 9.72 Å². The number of anilines is 1. The molecule has 1 amide bonds. The number of rotatable bonds is 6. The van der Waals surface area contributed by atoms with Crippen LogP contribution in [0.1, 0.15) is 48.3 Å². The molecule has 42 heavy (non-hydrogen) atoms.